The predicted molar refractivity (Wildman–Crippen MR) is 91.0 cm³/mol. The first kappa shape index (κ1) is 15.5. The van der Waals surface area contributed by atoms with E-state index >= 15 is 0 Å². The largest absolute Gasteiger partial charge is 0.479 e. The van der Waals surface area contributed by atoms with Gasteiger partial charge in [-0.3, -0.25) is 4.79 Å². The summed E-state index contributed by atoms with van der Waals surface area (Å²) in [5.74, 6) is 0.806. The van der Waals surface area contributed by atoms with Crippen LogP contribution in [0.5, 0.6) is 5.75 Å². The van der Waals surface area contributed by atoms with Crippen LogP contribution in [-0.4, -0.2) is 31.9 Å². The molecule has 7 heteroatoms. The van der Waals surface area contributed by atoms with Gasteiger partial charge in [0.1, 0.15) is 5.75 Å². The summed E-state index contributed by atoms with van der Waals surface area (Å²) < 4.78 is 30.2. The molecule has 24 heavy (non-hydrogen) atoms. The van der Waals surface area contributed by atoms with Crippen molar-refractivity contribution in [3.8, 4) is 5.75 Å². The van der Waals surface area contributed by atoms with E-state index in [0.717, 1.165) is 4.90 Å². The van der Waals surface area contributed by atoms with Gasteiger partial charge in [0.2, 0.25) is 0 Å². The molecular formula is C17H15NO4S2. The first-order chi connectivity index (χ1) is 11.5. The molecule has 0 aromatic heterocycles. The lowest BCUT2D eigenvalue weighted by atomic mass is 10.1. The van der Waals surface area contributed by atoms with Crippen LogP contribution >= 0.6 is 11.8 Å². The van der Waals surface area contributed by atoms with Crippen molar-refractivity contribution < 1.29 is 17.9 Å². The zero-order valence-corrected chi connectivity index (χ0v) is 14.3. The van der Waals surface area contributed by atoms with E-state index < -0.39 is 22.0 Å². The van der Waals surface area contributed by atoms with Gasteiger partial charge in [-0.05, 0) is 23.8 Å². The van der Waals surface area contributed by atoms with Gasteiger partial charge in [0.25, 0.3) is 5.91 Å². The molecular weight excluding hydrogens is 346 g/mol. The maximum atomic E-state index is 12.5. The molecule has 0 fully saturated rings. The summed E-state index contributed by atoms with van der Waals surface area (Å²) in [6.07, 6.45) is -0.625. The molecule has 2 heterocycles. The van der Waals surface area contributed by atoms with Gasteiger partial charge in [-0.1, -0.05) is 30.3 Å². The normalized spacial score (nSPS) is 23.7. The molecule has 124 valence electrons. The molecule has 0 aliphatic carbocycles. The van der Waals surface area contributed by atoms with E-state index in [4.69, 9.17) is 4.74 Å². The van der Waals surface area contributed by atoms with E-state index in [2.05, 4.69) is 5.32 Å². The number of nitrogens with one attached hydrogen (secondary N) is 1. The molecule has 0 saturated heterocycles. The number of carbonyl (C=O) groups excluding carboxylic acids is 1. The Balaban J connectivity index is 1.52. The van der Waals surface area contributed by atoms with E-state index in [-0.39, 0.29) is 11.7 Å². The summed E-state index contributed by atoms with van der Waals surface area (Å²) in [7, 11) is -3.34. The number of hydrogen-bond acceptors (Lipinski definition) is 5. The summed E-state index contributed by atoms with van der Waals surface area (Å²) in [4.78, 5) is 13.9. The first-order valence-electron chi connectivity index (χ1n) is 7.55. The minimum atomic E-state index is -3.34. The number of para-hydroxylation sites is 1. The average Bonchev–Trinajstić information content (AvgIpc) is 2.85. The Bertz CT molecular complexity index is 910. The van der Waals surface area contributed by atoms with Gasteiger partial charge in [-0.25, -0.2) is 8.42 Å². The second-order valence-corrected chi connectivity index (χ2v) is 8.81. The van der Waals surface area contributed by atoms with Crippen LogP contribution in [0, 0.1) is 0 Å². The third kappa shape index (κ3) is 2.67. The Hall–Kier alpha value is -1.99. The number of benzene rings is 2. The third-order valence-electron chi connectivity index (χ3n) is 4.13. The summed E-state index contributed by atoms with van der Waals surface area (Å²) >= 11 is 1.56. The van der Waals surface area contributed by atoms with Crippen LogP contribution in [-0.2, 0) is 14.6 Å². The molecule has 0 bridgehead atoms. The lowest BCUT2D eigenvalue weighted by Crippen LogP contribution is -2.43. The fraction of sp³-hybridized carbons (Fsp3) is 0.235. The molecule has 4 rings (SSSR count). The SMILES string of the molecule is O=C(NC1CS(=O)(=O)c2ccccc21)C1CSc2ccccc2O1. The fourth-order valence-corrected chi connectivity index (χ4v) is 5.70. The highest BCUT2D eigenvalue weighted by molar-refractivity contribution is 7.99. The molecule has 5 nitrogen and oxygen atoms in total. The number of sulfone groups is 1. The van der Waals surface area contributed by atoms with E-state index in [1.54, 1.807) is 36.0 Å². The molecule has 2 unspecified atom stereocenters. The van der Waals surface area contributed by atoms with Crippen LogP contribution < -0.4 is 10.1 Å². The molecule has 2 aliphatic rings. The van der Waals surface area contributed by atoms with E-state index in [1.807, 2.05) is 24.3 Å². The number of amides is 1. The lowest BCUT2D eigenvalue weighted by Gasteiger charge is -2.26. The van der Waals surface area contributed by atoms with Crippen molar-refractivity contribution in [1.82, 2.24) is 5.32 Å². The van der Waals surface area contributed by atoms with E-state index in [1.165, 1.54) is 0 Å². The maximum absolute atomic E-state index is 12.5. The molecule has 0 saturated carbocycles. The predicted octanol–water partition coefficient (Wildman–Crippen LogP) is 2.18. The highest BCUT2D eigenvalue weighted by atomic mass is 32.2. The summed E-state index contributed by atoms with van der Waals surface area (Å²) in [6.45, 7) is 0. The van der Waals surface area contributed by atoms with Crippen LogP contribution in [0.15, 0.2) is 58.3 Å². The first-order valence-corrected chi connectivity index (χ1v) is 10.2. The van der Waals surface area contributed by atoms with Crippen molar-refractivity contribution in [2.75, 3.05) is 11.5 Å². The van der Waals surface area contributed by atoms with Crippen molar-refractivity contribution >= 4 is 27.5 Å². The Morgan fingerprint density at radius 1 is 1.12 bits per heavy atom. The zero-order valence-electron chi connectivity index (χ0n) is 12.6. The number of carbonyl (C=O) groups is 1. The fourth-order valence-electron chi connectivity index (χ4n) is 2.98. The minimum Gasteiger partial charge on any atom is -0.479 e. The highest BCUT2D eigenvalue weighted by Gasteiger charge is 2.37. The smallest absolute Gasteiger partial charge is 0.262 e. The second kappa shape index (κ2) is 5.82. The van der Waals surface area contributed by atoms with Crippen molar-refractivity contribution in [2.45, 2.75) is 21.9 Å². The van der Waals surface area contributed by atoms with Gasteiger partial charge in [-0.15, -0.1) is 11.8 Å². The molecule has 1 N–H and O–H groups in total. The molecule has 2 aromatic rings. The number of fused-ring (bicyclic) bond motifs is 2. The van der Waals surface area contributed by atoms with Gasteiger partial charge in [0.15, 0.2) is 15.9 Å². The highest BCUT2D eigenvalue weighted by Crippen LogP contribution is 2.36. The van der Waals surface area contributed by atoms with Gasteiger partial charge in [0.05, 0.1) is 16.7 Å². The van der Waals surface area contributed by atoms with Crippen molar-refractivity contribution in [3.05, 3.63) is 54.1 Å². The molecule has 2 aromatic carbocycles. The number of thioether (sulfide) groups is 1. The maximum Gasteiger partial charge on any atom is 0.262 e. The van der Waals surface area contributed by atoms with Gasteiger partial charge in [-0.2, -0.15) is 0 Å². The van der Waals surface area contributed by atoms with Crippen LogP contribution in [0.1, 0.15) is 11.6 Å². The quantitative estimate of drug-likeness (QED) is 0.888. The van der Waals surface area contributed by atoms with Crippen LogP contribution in [0.25, 0.3) is 0 Å². The third-order valence-corrected chi connectivity index (χ3v) is 7.06. The van der Waals surface area contributed by atoms with Crippen LogP contribution in [0.4, 0.5) is 0 Å². The summed E-state index contributed by atoms with van der Waals surface area (Å²) in [5.41, 5.74) is 0.648. The lowest BCUT2D eigenvalue weighted by molar-refractivity contribution is -0.127. The van der Waals surface area contributed by atoms with Crippen LogP contribution in [0.2, 0.25) is 0 Å². The number of hydrogen-bond donors (Lipinski definition) is 1. The topological polar surface area (TPSA) is 72.5 Å². The monoisotopic (exact) mass is 361 g/mol. The molecule has 2 atom stereocenters. The Morgan fingerprint density at radius 3 is 2.75 bits per heavy atom. The summed E-state index contributed by atoms with van der Waals surface area (Å²) in [6, 6.07) is 13.8. The molecule has 0 radical (unpaired) electrons. The Labute approximate surface area is 144 Å². The van der Waals surface area contributed by atoms with E-state index in [9.17, 15) is 13.2 Å². The number of rotatable bonds is 2. The van der Waals surface area contributed by atoms with Gasteiger partial charge < -0.3 is 10.1 Å². The molecule has 0 spiro atoms. The number of ether oxygens (including phenoxy) is 1. The Kier molecular flexibility index (Phi) is 3.77. The van der Waals surface area contributed by atoms with Crippen molar-refractivity contribution in [1.29, 1.82) is 0 Å². The average molecular weight is 361 g/mol. The van der Waals surface area contributed by atoms with Crippen molar-refractivity contribution in [2.24, 2.45) is 0 Å². The van der Waals surface area contributed by atoms with Gasteiger partial charge >= 0.3 is 0 Å². The van der Waals surface area contributed by atoms with Crippen LogP contribution in [0.3, 0.4) is 0 Å². The Morgan fingerprint density at radius 2 is 1.88 bits per heavy atom. The second-order valence-electron chi connectivity index (χ2n) is 5.74. The minimum absolute atomic E-state index is 0.103. The van der Waals surface area contributed by atoms with Crippen molar-refractivity contribution in [3.63, 3.8) is 0 Å². The zero-order chi connectivity index (χ0) is 16.7. The van der Waals surface area contributed by atoms with Gasteiger partial charge in [0, 0.05) is 10.6 Å². The standard InChI is InChI=1S/C17H15NO4S2/c19-17(14-9-23-15-7-3-2-6-13(15)22-14)18-12-10-24(20,21)16-8-4-1-5-11(12)16/h1-8,12,14H,9-10H2,(H,18,19). The molecule has 2 aliphatic heterocycles. The van der Waals surface area contributed by atoms with E-state index in [0.29, 0.717) is 22.0 Å². The molecule has 1 amide bonds. The summed E-state index contributed by atoms with van der Waals surface area (Å²) in [5, 5.41) is 2.83.